The summed E-state index contributed by atoms with van der Waals surface area (Å²) >= 11 is 1.40. The fraction of sp³-hybridized carbons (Fsp3) is 0.333. The first-order valence-corrected chi connectivity index (χ1v) is 11.6. The summed E-state index contributed by atoms with van der Waals surface area (Å²) in [6.07, 6.45) is 0.0347. The van der Waals surface area contributed by atoms with Crippen LogP contribution in [0.15, 0.2) is 53.7 Å². The van der Waals surface area contributed by atoms with E-state index in [1.165, 1.54) is 16.7 Å². The van der Waals surface area contributed by atoms with E-state index in [0.29, 0.717) is 0 Å². The van der Waals surface area contributed by atoms with Crippen molar-refractivity contribution in [3.63, 3.8) is 0 Å². The molecule has 1 aliphatic carbocycles. The summed E-state index contributed by atoms with van der Waals surface area (Å²) in [6.45, 7) is 3.66. The van der Waals surface area contributed by atoms with Gasteiger partial charge in [0.15, 0.2) is 0 Å². The van der Waals surface area contributed by atoms with E-state index >= 15 is 0 Å². The van der Waals surface area contributed by atoms with E-state index < -0.39 is 22.8 Å². The number of β-lactam (4-membered cyclic amide) rings is 1. The van der Waals surface area contributed by atoms with Crippen LogP contribution < -0.4 is 5.32 Å². The molecular formula is C24H23N3O5S. The fourth-order valence-corrected chi connectivity index (χ4v) is 6.36. The number of rotatable bonds is 6. The first kappa shape index (κ1) is 21.5. The van der Waals surface area contributed by atoms with Crippen LogP contribution in [0.5, 0.6) is 0 Å². The molecule has 0 spiro atoms. The maximum atomic E-state index is 12.5. The summed E-state index contributed by atoms with van der Waals surface area (Å²) < 4.78 is -0.626. The highest BCUT2D eigenvalue weighted by atomic mass is 32.2. The van der Waals surface area contributed by atoms with E-state index in [0.717, 1.165) is 28.0 Å². The molecule has 3 aliphatic rings. The Kier molecular flexibility index (Phi) is 5.16. The topological polar surface area (TPSA) is 108 Å². The highest BCUT2D eigenvalue weighted by Gasteiger charge is 2.64. The molecule has 2 saturated heterocycles. The lowest BCUT2D eigenvalue weighted by molar-refractivity contribution is -0.161. The van der Waals surface area contributed by atoms with Crippen LogP contribution in [-0.4, -0.2) is 62.3 Å². The molecule has 2 heterocycles. The zero-order valence-corrected chi connectivity index (χ0v) is 19.0. The zero-order valence-electron chi connectivity index (χ0n) is 18.1. The van der Waals surface area contributed by atoms with Gasteiger partial charge in [-0.25, -0.2) is 4.79 Å². The Hall–Kier alpha value is -3.33. The van der Waals surface area contributed by atoms with Crippen LogP contribution in [0.4, 0.5) is 0 Å². The van der Waals surface area contributed by atoms with E-state index in [4.69, 9.17) is 4.84 Å². The summed E-state index contributed by atoms with van der Waals surface area (Å²) in [7, 11) is 0. The van der Waals surface area contributed by atoms with Gasteiger partial charge in [-0.15, -0.1) is 11.8 Å². The van der Waals surface area contributed by atoms with Crippen LogP contribution in [0.3, 0.4) is 0 Å². The molecular weight excluding hydrogens is 442 g/mol. The lowest BCUT2D eigenvalue weighted by Crippen LogP contribution is -2.70. The monoisotopic (exact) mass is 465 g/mol. The molecule has 5 rings (SSSR count). The van der Waals surface area contributed by atoms with Crippen molar-refractivity contribution < 1.29 is 24.3 Å². The first-order chi connectivity index (χ1) is 15.8. The van der Waals surface area contributed by atoms with Crippen LogP contribution in [-0.2, 0) is 19.2 Å². The predicted molar refractivity (Wildman–Crippen MR) is 124 cm³/mol. The number of oxime groups is 1. The van der Waals surface area contributed by atoms with E-state index in [1.54, 1.807) is 13.8 Å². The Morgan fingerprint density at radius 2 is 1.67 bits per heavy atom. The van der Waals surface area contributed by atoms with Gasteiger partial charge >= 0.3 is 5.97 Å². The number of hydrogen-bond donors (Lipinski definition) is 2. The summed E-state index contributed by atoms with van der Waals surface area (Å²) in [6, 6.07) is 14.3. The van der Waals surface area contributed by atoms with Gasteiger partial charge in [-0.1, -0.05) is 53.7 Å². The number of hydrogen-bond acceptors (Lipinski definition) is 6. The molecule has 8 nitrogen and oxygen atoms in total. The molecule has 2 aromatic rings. The zero-order chi connectivity index (χ0) is 23.3. The highest BCUT2D eigenvalue weighted by Crippen LogP contribution is 2.50. The summed E-state index contributed by atoms with van der Waals surface area (Å²) in [4.78, 5) is 43.3. The van der Waals surface area contributed by atoms with Gasteiger partial charge in [-0.3, -0.25) is 9.59 Å². The number of aliphatic carboxylic acids is 1. The maximum Gasteiger partial charge on any atom is 0.327 e. The van der Waals surface area contributed by atoms with Crippen LogP contribution in [0.1, 0.15) is 31.4 Å². The number of nitrogens with zero attached hydrogens (tertiary/aromatic N) is 2. The van der Waals surface area contributed by atoms with Crippen LogP contribution in [0.25, 0.3) is 11.1 Å². The van der Waals surface area contributed by atoms with Crippen LogP contribution in [0, 0.1) is 0 Å². The minimum absolute atomic E-state index is 0.0347. The smallest absolute Gasteiger partial charge is 0.327 e. The summed E-state index contributed by atoms with van der Waals surface area (Å²) in [5, 5.41) is 16.1. The number of carbonyl (C=O) groups is 3. The van der Waals surface area contributed by atoms with Gasteiger partial charge in [0.1, 0.15) is 29.8 Å². The molecule has 0 aromatic heterocycles. The Bertz CT molecular complexity index is 1150. The Labute approximate surface area is 195 Å². The summed E-state index contributed by atoms with van der Waals surface area (Å²) in [5.74, 6) is -1.73. The molecule has 33 heavy (non-hydrogen) atoms. The fourth-order valence-electron chi connectivity index (χ4n) is 4.73. The largest absolute Gasteiger partial charge is 0.480 e. The molecule has 9 heteroatoms. The molecule has 0 radical (unpaired) electrons. The molecule has 2 amide bonds. The molecule has 3 atom stereocenters. The van der Waals surface area contributed by atoms with Gasteiger partial charge in [0.25, 0.3) is 0 Å². The van der Waals surface area contributed by atoms with Crippen molar-refractivity contribution >= 4 is 35.3 Å². The number of benzene rings is 2. The van der Waals surface area contributed by atoms with Crippen molar-refractivity contribution in [1.82, 2.24) is 10.2 Å². The van der Waals surface area contributed by atoms with E-state index in [9.17, 15) is 19.5 Å². The Morgan fingerprint density at radius 1 is 1.09 bits per heavy atom. The molecule has 2 aliphatic heterocycles. The molecule has 2 aromatic carbocycles. The third kappa shape index (κ3) is 3.47. The van der Waals surface area contributed by atoms with Gasteiger partial charge < -0.3 is 20.2 Å². The van der Waals surface area contributed by atoms with Crippen molar-refractivity contribution in [1.29, 1.82) is 0 Å². The van der Waals surface area contributed by atoms with Crippen molar-refractivity contribution in [2.45, 2.75) is 42.5 Å². The third-order valence-corrected chi connectivity index (χ3v) is 7.79. The predicted octanol–water partition coefficient (Wildman–Crippen LogP) is 2.46. The number of thioether (sulfide) groups is 1. The minimum atomic E-state index is -1.03. The van der Waals surface area contributed by atoms with Crippen LogP contribution in [0.2, 0.25) is 0 Å². The van der Waals surface area contributed by atoms with E-state index in [-0.39, 0.29) is 30.2 Å². The van der Waals surface area contributed by atoms with Gasteiger partial charge in [0.2, 0.25) is 11.8 Å². The van der Waals surface area contributed by atoms with Crippen LogP contribution >= 0.6 is 11.8 Å². The van der Waals surface area contributed by atoms with Gasteiger partial charge in [0.05, 0.1) is 6.42 Å². The number of fused-ring (bicyclic) bond motifs is 4. The third-order valence-electron chi connectivity index (χ3n) is 6.22. The average Bonchev–Trinajstić information content (AvgIpc) is 3.24. The SMILES string of the molecule is CC1(C)SC2C(NC(=O)CCON=C3c4ccccc4-c4ccccc43)C(=O)N2[C@H]1C(=O)O. The Balaban J connectivity index is 1.19. The van der Waals surface area contributed by atoms with Crippen molar-refractivity contribution in [3.05, 3.63) is 59.7 Å². The minimum Gasteiger partial charge on any atom is -0.480 e. The number of carboxylic acids is 1. The number of carbonyl (C=O) groups excluding carboxylic acids is 2. The molecule has 2 N–H and O–H groups in total. The van der Waals surface area contributed by atoms with Crippen molar-refractivity contribution in [3.8, 4) is 11.1 Å². The number of carboxylic acid groups (broad SMARTS) is 1. The van der Waals surface area contributed by atoms with Gasteiger partial charge in [-0.05, 0) is 25.0 Å². The standard InChI is InChI=1S/C24H23N3O5S/c1-24(2)20(23(30)31)27-21(29)19(22(27)33-24)25-17(28)11-12-32-26-18-15-9-5-3-7-13(15)14-8-4-6-10-16(14)18/h3-10,19-20,22H,11-12H2,1-2H3,(H,25,28)(H,30,31)/t19?,20-,22?/m0/s1. The molecule has 2 fully saturated rings. The second-order valence-corrected chi connectivity index (χ2v) is 10.5. The lowest BCUT2D eigenvalue weighted by atomic mass is 9.96. The normalized spacial score (nSPS) is 23.8. The second kappa shape index (κ2) is 7.91. The number of amides is 2. The Morgan fingerprint density at radius 3 is 2.24 bits per heavy atom. The lowest BCUT2D eigenvalue weighted by Gasteiger charge is -2.43. The number of nitrogens with one attached hydrogen (secondary N) is 1. The van der Waals surface area contributed by atoms with Crippen molar-refractivity contribution in [2.75, 3.05) is 6.61 Å². The molecule has 0 saturated carbocycles. The van der Waals surface area contributed by atoms with E-state index in [2.05, 4.69) is 10.5 Å². The van der Waals surface area contributed by atoms with Gasteiger partial charge in [0, 0.05) is 15.9 Å². The summed E-state index contributed by atoms with van der Waals surface area (Å²) in [5.41, 5.74) is 4.89. The highest BCUT2D eigenvalue weighted by molar-refractivity contribution is 8.01. The second-order valence-electron chi connectivity index (χ2n) is 8.76. The average molecular weight is 466 g/mol. The van der Waals surface area contributed by atoms with Crippen molar-refractivity contribution in [2.24, 2.45) is 5.16 Å². The van der Waals surface area contributed by atoms with Gasteiger partial charge in [-0.2, -0.15) is 0 Å². The molecule has 0 bridgehead atoms. The first-order valence-electron chi connectivity index (χ1n) is 10.7. The molecule has 170 valence electrons. The quantitative estimate of drug-likeness (QED) is 0.329. The maximum absolute atomic E-state index is 12.5. The van der Waals surface area contributed by atoms with E-state index in [1.807, 2.05) is 48.5 Å². The molecule has 2 unspecified atom stereocenters.